The van der Waals surface area contributed by atoms with Crippen LogP contribution in [0.5, 0.6) is 11.5 Å². The lowest BCUT2D eigenvalue weighted by Gasteiger charge is -2.35. The largest absolute Gasteiger partial charge is 0.491 e. The van der Waals surface area contributed by atoms with Gasteiger partial charge in [0.1, 0.15) is 17.1 Å². The summed E-state index contributed by atoms with van der Waals surface area (Å²) in [6.45, 7) is 7.89. The summed E-state index contributed by atoms with van der Waals surface area (Å²) in [5.74, 6) is 1.46. The van der Waals surface area contributed by atoms with Gasteiger partial charge in [-0.05, 0) is 69.5 Å². The molecule has 0 unspecified atom stereocenters. The summed E-state index contributed by atoms with van der Waals surface area (Å²) in [5.41, 5.74) is 0.0977. The summed E-state index contributed by atoms with van der Waals surface area (Å²) in [4.78, 5) is 11.9. The van der Waals surface area contributed by atoms with Gasteiger partial charge in [-0.1, -0.05) is 24.3 Å². The Hall–Kier alpha value is -2.53. The molecule has 2 aromatic carbocycles. The van der Waals surface area contributed by atoms with Crippen molar-refractivity contribution in [1.82, 2.24) is 5.32 Å². The minimum Gasteiger partial charge on any atom is -0.491 e. The zero-order valence-corrected chi connectivity index (χ0v) is 16.9. The molecule has 1 saturated heterocycles. The van der Waals surface area contributed by atoms with E-state index in [0.29, 0.717) is 24.0 Å². The van der Waals surface area contributed by atoms with Crippen LogP contribution in [0.1, 0.15) is 51.7 Å². The molecule has 1 aliphatic rings. The SMILES string of the molecule is CC(C)Oc1ccc(C(O)(c2ccc(OC(C)C)cc2)[C@H]2CCC(=O)N2)cc1. The number of amides is 1. The van der Waals surface area contributed by atoms with E-state index in [-0.39, 0.29) is 18.1 Å². The molecule has 28 heavy (non-hydrogen) atoms. The number of benzene rings is 2. The Morgan fingerprint density at radius 2 is 1.32 bits per heavy atom. The topological polar surface area (TPSA) is 67.8 Å². The van der Waals surface area contributed by atoms with Gasteiger partial charge in [-0.2, -0.15) is 0 Å². The Labute approximate surface area is 166 Å². The van der Waals surface area contributed by atoms with Crippen molar-refractivity contribution in [2.45, 2.75) is 64.4 Å². The molecule has 0 saturated carbocycles. The summed E-state index contributed by atoms with van der Waals surface area (Å²) in [7, 11) is 0. The highest BCUT2D eigenvalue weighted by molar-refractivity contribution is 5.79. The molecule has 2 N–H and O–H groups in total. The van der Waals surface area contributed by atoms with E-state index in [1.54, 1.807) is 0 Å². The number of hydrogen-bond donors (Lipinski definition) is 2. The average Bonchev–Trinajstić information content (AvgIpc) is 3.08. The maximum atomic E-state index is 11.9. The molecule has 1 heterocycles. The number of carbonyl (C=O) groups excluding carboxylic acids is 1. The van der Waals surface area contributed by atoms with Crippen LogP contribution in [0.2, 0.25) is 0 Å². The van der Waals surface area contributed by atoms with E-state index in [1.165, 1.54) is 0 Å². The van der Waals surface area contributed by atoms with E-state index in [4.69, 9.17) is 9.47 Å². The summed E-state index contributed by atoms with van der Waals surface area (Å²) < 4.78 is 11.4. The van der Waals surface area contributed by atoms with E-state index >= 15 is 0 Å². The third-order valence-corrected chi connectivity index (χ3v) is 4.83. The van der Waals surface area contributed by atoms with Gasteiger partial charge in [0.2, 0.25) is 5.91 Å². The van der Waals surface area contributed by atoms with Gasteiger partial charge in [-0.15, -0.1) is 0 Å². The lowest BCUT2D eigenvalue weighted by molar-refractivity contribution is -0.120. The first-order chi connectivity index (χ1) is 13.3. The zero-order valence-electron chi connectivity index (χ0n) is 16.9. The fraction of sp³-hybridized carbons (Fsp3) is 0.435. The van der Waals surface area contributed by atoms with E-state index in [1.807, 2.05) is 76.2 Å². The Kier molecular flexibility index (Phi) is 5.94. The highest BCUT2D eigenvalue weighted by atomic mass is 16.5. The van der Waals surface area contributed by atoms with Crippen LogP contribution in [-0.4, -0.2) is 29.3 Å². The highest BCUT2D eigenvalue weighted by Gasteiger charge is 2.43. The fourth-order valence-electron chi connectivity index (χ4n) is 3.62. The molecule has 1 fully saturated rings. The van der Waals surface area contributed by atoms with Gasteiger partial charge < -0.3 is 19.9 Å². The number of ether oxygens (including phenoxy) is 2. The van der Waals surface area contributed by atoms with Crippen molar-refractivity contribution in [3.63, 3.8) is 0 Å². The van der Waals surface area contributed by atoms with Crippen molar-refractivity contribution in [3.8, 4) is 11.5 Å². The molecule has 0 radical (unpaired) electrons. The number of aliphatic hydroxyl groups is 1. The first-order valence-electron chi connectivity index (χ1n) is 9.85. The minimum atomic E-state index is -1.33. The van der Waals surface area contributed by atoms with E-state index in [0.717, 1.165) is 11.5 Å². The molecule has 1 amide bonds. The molecule has 0 aliphatic carbocycles. The Morgan fingerprint density at radius 3 is 1.64 bits per heavy atom. The second-order valence-corrected chi connectivity index (χ2v) is 7.81. The standard InChI is InChI=1S/C23H29NO4/c1-15(2)27-19-9-5-17(6-10-19)23(26,21-13-14-22(25)24-21)18-7-11-20(12-8-18)28-16(3)4/h5-12,15-16,21,26H,13-14H2,1-4H3,(H,24,25)/t21-/m1/s1. The predicted molar refractivity (Wildman–Crippen MR) is 109 cm³/mol. The number of nitrogens with one attached hydrogen (secondary N) is 1. The van der Waals surface area contributed by atoms with Gasteiger partial charge in [0.15, 0.2) is 0 Å². The normalized spacial score (nSPS) is 17.1. The zero-order chi connectivity index (χ0) is 20.3. The molecular formula is C23H29NO4. The average molecular weight is 383 g/mol. The quantitative estimate of drug-likeness (QED) is 0.764. The summed E-state index contributed by atoms with van der Waals surface area (Å²) in [5, 5.41) is 14.8. The van der Waals surface area contributed by atoms with Crippen LogP contribution in [0.4, 0.5) is 0 Å². The van der Waals surface area contributed by atoms with Gasteiger partial charge in [0, 0.05) is 6.42 Å². The molecule has 0 spiro atoms. The van der Waals surface area contributed by atoms with Crippen LogP contribution >= 0.6 is 0 Å². The van der Waals surface area contributed by atoms with Crippen LogP contribution in [0.3, 0.4) is 0 Å². The number of rotatable bonds is 7. The summed E-state index contributed by atoms with van der Waals surface area (Å²) in [6.07, 6.45) is 1.14. The molecule has 3 rings (SSSR count). The first kappa shape index (κ1) is 20.2. The maximum absolute atomic E-state index is 11.9. The molecule has 5 heteroatoms. The van der Waals surface area contributed by atoms with E-state index < -0.39 is 11.6 Å². The molecule has 5 nitrogen and oxygen atoms in total. The summed E-state index contributed by atoms with van der Waals surface area (Å²) in [6, 6.07) is 14.5. The van der Waals surface area contributed by atoms with Crippen molar-refractivity contribution < 1.29 is 19.4 Å². The lowest BCUT2D eigenvalue weighted by Crippen LogP contribution is -2.47. The Balaban J connectivity index is 1.97. The monoisotopic (exact) mass is 383 g/mol. The van der Waals surface area contributed by atoms with Gasteiger partial charge >= 0.3 is 0 Å². The molecule has 150 valence electrons. The maximum Gasteiger partial charge on any atom is 0.220 e. The van der Waals surface area contributed by atoms with Crippen LogP contribution in [-0.2, 0) is 10.4 Å². The molecule has 0 bridgehead atoms. The first-order valence-corrected chi connectivity index (χ1v) is 9.85. The van der Waals surface area contributed by atoms with Crippen molar-refractivity contribution in [2.75, 3.05) is 0 Å². The van der Waals surface area contributed by atoms with Gasteiger partial charge in [0.05, 0.1) is 18.2 Å². The van der Waals surface area contributed by atoms with Gasteiger partial charge in [0.25, 0.3) is 0 Å². The van der Waals surface area contributed by atoms with Crippen molar-refractivity contribution >= 4 is 5.91 Å². The Morgan fingerprint density at radius 1 is 0.893 bits per heavy atom. The predicted octanol–water partition coefficient (Wildman–Crippen LogP) is 3.78. The summed E-state index contributed by atoms with van der Waals surface area (Å²) >= 11 is 0. The van der Waals surface area contributed by atoms with Crippen LogP contribution in [0.15, 0.2) is 48.5 Å². The third-order valence-electron chi connectivity index (χ3n) is 4.83. The lowest BCUT2D eigenvalue weighted by atomic mass is 9.79. The second-order valence-electron chi connectivity index (χ2n) is 7.81. The molecule has 2 aromatic rings. The van der Waals surface area contributed by atoms with Crippen LogP contribution in [0, 0.1) is 0 Å². The van der Waals surface area contributed by atoms with Gasteiger partial charge in [-0.3, -0.25) is 4.79 Å². The second kappa shape index (κ2) is 8.23. The minimum absolute atomic E-state index is 0.0389. The fourth-order valence-corrected chi connectivity index (χ4v) is 3.62. The van der Waals surface area contributed by atoms with Crippen LogP contribution < -0.4 is 14.8 Å². The molecule has 1 aliphatic heterocycles. The van der Waals surface area contributed by atoms with Crippen molar-refractivity contribution in [3.05, 3.63) is 59.7 Å². The molecule has 0 aromatic heterocycles. The van der Waals surface area contributed by atoms with Crippen LogP contribution in [0.25, 0.3) is 0 Å². The third kappa shape index (κ3) is 4.30. The number of carbonyl (C=O) groups is 1. The van der Waals surface area contributed by atoms with Gasteiger partial charge in [-0.25, -0.2) is 0 Å². The van der Waals surface area contributed by atoms with Crippen molar-refractivity contribution in [2.24, 2.45) is 0 Å². The number of hydrogen-bond acceptors (Lipinski definition) is 4. The van der Waals surface area contributed by atoms with E-state index in [2.05, 4.69) is 5.32 Å². The molecule has 1 atom stereocenters. The molecular weight excluding hydrogens is 354 g/mol. The smallest absolute Gasteiger partial charge is 0.220 e. The van der Waals surface area contributed by atoms with E-state index in [9.17, 15) is 9.90 Å². The highest BCUT2D eigenvalue weighted by Crippen LogP contribution is 2.38. The van der Waals surface area contributed by atoms with Crippen molar-refractivity contribution in [1.29, 1.82) is 0 Å². The Bertz CT molecular complexity index is 743.